The van der Waals surface area contributed by atoms with Gasteiger partial charge in [-0.15, -0.1) is 11.3 Å². The van der Waals surface area contributed by atoms with E-state index in [1.807, 2.05) is 11.6 Å². The number of hydrogen-bond donors (Lipinski definition) is 1. The maximum atomic E-state index is 13.0. The molecule has 8 nitrogen and oxygen atoms in total. The lowest BCUT2D eigenvalue weighted by Crippen LogP contribution is -2.46. The van der Waals surface area contributed by atoms with Crippen molar-refractivity contribution in [2.45, 2.75) is 32.0 Å². The average Bonchev–Trinajstić information content (AvgIpc) is 3.35. The molecule has 3 fully saturated rings. The number of carboxylic acids is 1. The lowest BCUT2D eigenvalue weighted by atomic mass is 9.87. The molecule has 0 aromatic carbocycles. The molecule has 4 heterocycles. The van der Waals surface area contributed by atoms with Gasteiger partial charge in [-0.2, -0.15) is 13.2 Å². The van der Waals surface area contributed by atoms with Gasteiger partial charge >= 0.3 is 12.1 Å². The van der Waals surface area contributed by atoms with Gasteiger partial charge in [0.05, 0.1) is 19.8 Å². The molecule has 1 atom stereocenters. The van der Waals surface area contributed by atoms with E-state index in [-0.39, 0.29) is 11.3 Å². The molecule has 3 aliphatic heterocycles. The van der Waals surface area contributed by atoms with Crippen LogP contribution in [0.4, 0.5) is 13.2 Å². The summed E-state index contributed by atoms with van der Waals surface area (Å²) in [5.74, 6) is -2.31. The van der Waals surface area contributed by atoms with Crippen LogP contribution in [0.3, 0.4) is 0 Å². The van der Waals surface area contributed by atoms with Gasteiger partial charge in [-0.1, -0.05) is 0 Å². The van der Waals surface area contributed by atoms with Crippen LogP contribution in [0.2, 0.25) is 0 Å². The Hall–Kier alpha value is -1.76. The predicted octanol–water partition coefficient (Wildman–Crippen LogP) is 2.25. The van der Waals surface area contributed by atoms with Gasteiger partial charge in [-0.3, -0.25) is 9.69 Å². The smallest absolute Gasteiger partial charge is 0.475 e. The molecular weight excluding hydrogens is 451 g/mol. The minimum absolute atomic E-state index is 0.0780. The highest BCUT2D eigenvalue weighted by molar-refractivity contribution is 7.09. The van der Waals surface area contributed by atoms with Crippen molar-refractivity contribution >= 4 is 23.2 Å². The molecule has 3 saturated heterocycles. The lowest BCUT2D eigenvalue weighted by molar-refractivity contribution is -0.192. The SMILES string of the molecule is O=C(C1CCOCC1)N1CCOCC2(CCN(Cc3nccs3)C2)C1.O=C(O)C(F)(F)F. The van der Waals surface area contributed by atoms with E-state index in [1.165, 1.54) is 5.01 Å². The number of ether oxygens (including phenoxy) is 2. The molecule has 1 aromatic heterocycles. The molecule has 3 aliphatic rings. The number of nitrogens with zero attached hydrogens (tertiary/aromatic N) is 3. The number of amides is 1. The quantitative estimate of drug-likeness (QED) is 0.711. The van der Waals surface area contributed by atoms with E-state index in [9.17, 15) is 18.0 Å². The van der Waals surface area contributed by atoms with E-state index in [0.717, 1.165) is 58.6 Å². The fourth-order valence-electron chi connectivity index (χ4n) is 4.32. The van der Waals surface area contributed by atoms with Crippen LogP contribution >= 0.6 is 11.3 Å². The Bertz CT molecular complexity index is 758. The summed E-state index contributed by atoms with van der Waals surface area (Å²) < 4.78 is 43.1. The standard InChI is InChI=1S/C18H27N3O3S.C2HF3O2/c22-17(15-1-7-23-8-2-15)21-6-9-24-14-18(13-21)3-5-20(12-18)11-16-19-4-10-25-16;3-2(4,5)1(6)7/h4,10,15H,1-3,5-9,11-14H2;(H,6,7). The highest BCUT2D eigenvalue weighted by Crippen LogP contribution is 2.35. The van der Waals surface area contributed by atoms with Crippen LogP contribution in [-0.2, 0) is 25.6 Å². The van der Waals surface area contributed by atoms with Crippen LogP contribution in [-0.4, -0.2) is 90.5 Å². The van der Waals surface area contributed by atoms with E-state index >= 15 is 0 Å². The molecule has 180 valence electrons. The van der Waals surface area contributed by atoms with E-state index in [0.29, 0.717) is 25.7 Å². The second-order valence-electron chi connectivity index (χ2n) is 8.39. The van der Waals surface area contributed by atoms with E-state index in [4.69, 9.17) is 19.4 Å². The first-order valence-electron chi connectivity index (χ1n) is 10.5. The summed E-state index contributed by atoms with van der Waals surface area (Å²) in [6.45, 7) is 7.37. The first-order valence-corrected chi connectivity index (χ1v) is 11.4. The van der Waals surface area contributed by atoms with Crippen LogP contribution < -0.4 is 0 Å². The van der Waals surface area contributed by atoms with Crippen molar-refractivity contribution in [2.24, 2.45) is 11.3 Å². The normalized spacial score (nSPS) is 25.3. The average molecular weight is 480 g/mol. The minimum Gasteiger partial charge on any atom is -0.475 e. The Morgan fingerprint density at radius 1 is 1.19 bits per heavy atom. The van der Waals surface area contributed by atoms with Crippen LogP contribution in [0, 0.1) is 11.3 Å². The number of likely N-dealkylation sites (tertiary alicyclic amines) is 1. The molecule has 4 rings (SSSR count). The van der Waals surface area contributed by atoms with Gasteiger partial charge in [0.1, 0.15) is 5.01 Å². The van der Waals surface area contributed by atoms with Gasteiger partial charge in [0.25, 0.3) is 0 Å². The highest BCUT2D eigenvalue weighted by Gasteiger charge is 2.43. The van der Waals surface area contributed by atoms with Crippen LogP contribution in [0.5, 0.6) is 0 Å². The molecule has 1 amide bonds. The van der Waals surface area contributed by atoms with E-state index in [2.05, 4.69) is 14.8 Å². The number of rotatable bonds is 3. The third-order valence-electron chi connectivity index (χ3n) is 5.92. The molecule has 1 aromatic rings. The van der Waals surface area contributed by atoms with Crippen molar-refractivity contribution in [3.8, 4) is 0 Å². The molecule has 0 bridgehead atoms. The molecule has 1 spiro atoms. The second-order valence-corrected chi connectivity index (χ2v) is 9.37. The number of hydrogen-bond acceptors (Lipinski definition) is 7. The monoisotopic (exact) mass is 479 g/mol. The largest absolute Gasteiger partial charge is 0.490 e. The van der Waals surface area contributed by atoms with Crippen molar-refractivity contribution in [3.63, 3.8) is 0 Å². The number of aliphatic carboxylic acids is 1. The molecular formula is C20H28F3N3O5S. The first kappa shape index (κ1) is 24.9. The molecule has 1 N–H and O–H groups in total. The Morgan fingerprint density at radius 3 is 2.53 bits per heavy atom. The van der Waals surface area contributed by atoms with Crippen molar-refractivity contribution in [1.82, 2.24) is 14.8 Å². The zero-order valence-electron chi connectivity index (χ0n) is 17.7. The lowest BCUT2D eigenvalue weighted by Gasteiger charge is -2.34. The number of carbonyl (C=O) groups is 2. The molecule has 12 heteroatoms. The van der Waals surface area contributed by atoms with E-state index in [1.54, 1.807) is 11.3 Å². The van der Waals surface area contributed by atoms with Crippen LogP contribution in [0.15, 0.2) is 11.6 Å². The minimum atomic E-state index is -5.08. The third-order valence-corrected chi connectivity index (χ3v) is 6.69. The Morgan fingerprint density at radius 2 is 1.91 bits per heavy atom. The zero-order chi connectivity index (χ0) is 23.2. The second kappa shape index (κ2) is 10.9. The number of halogens is 3. The van der Waals surface area contributed by atoms with Gasteiger partial charge in [0.15, 0.2) is 0 Å². The Labute approximate surface area is 188 Å². The number of alkyl halides is 3. The van der Waals surface area contributed by atoms with Crippen LogP contribution in [0.1, 0.15) is 24.3 Å². The third kappa shape index (κ3) is 6.87. The molecule has 0 saturated carbocycles. The Balaban J connectivity index is 0.000000360. The summed E-state index contributed by atoms with van der Waals surface area (Å²) in [4.78, 5) is 30.8. The predicted molar refractivity (Wildman–Crippen MR) is 109 cm³/mol. The highest BCUT2D eigenvalue weighted by atomic mass is 32.1. The summed E-state index contributed by atoms with van der Waals surface area (Å²) in [7, 11) is 0. The van der Waals surface area contributed by atoms with Gasteiger partial charge < -0.3 is 19.5 Å². The van der Waals surface area contributed by atoms with Gasteiger partial charge in [0, 0.05) is 55.8 Å². The number of carboxylic acid groups (broad SMARTS) is 1. The summed E-state index contributed by atoms with van der Waals surface area (Å²) in [6, 6.07) is 0. The molecule has 32 heavy (non-hydrogen) atoms. The summed E-state index contributed by atoms with van der Waals surface area (Å²) in [6.07, 6.45) is -0.399. The fourth-order valence-corrected chi connectivity index (χ4v) is 4.97. The maximum Gasteiger partial charge on any atom is 0.490 e. The van der Waals surface area contributed by atoms with Gasteiger partial charge in [-0.25, -0.2) is 9.78 Å². The number of carbonyl (C=O) groups excluding carboxylic acids is 1. The van der Waals surface area contributed by atoms with Gasteiger partial charge in [0.2, 0.25) is 5.91 Å². The Kier molecular flexibility index (Phi) is 8.48. The van der Waals surface area contributed by atoms with Crippen molar-refractivity contribution < 1.29 is 37.3 Å². The topological polar surface area (TPSA) is 92.2 Å². The zero-order valence-corrected chi connectivity index (χ0v) is 18.5. The molecule has 0 aliphatic carbocycles. The van der Waals surface area contributed by atoms with E-state index < -0.39 is 12.1 Å². The first-order chi connectivity index (χ1) is 15.2. The van der Waals surface area contributed by atoms with Crippen molar-refractivity contribution in [1.29, 1.82) is 0 Å². The molecule has 0 radical (unpaired) electrons. The maximum absolute atomic E-state index is 13.0. The van der Waals surface area contributed by atoms with Crippen molar-refractivity contribution in [3.05, 3.63) is 16.6 Å². The van der Waals surface area contributed by atoms with Crippen LogP contribution in [0.25, 0.3) is 0 Å². The fraction of sp³-hybridized carbons (Fsp3) is 0.750. The van der Waals surface area contributed by atoms with Gasteiger partial charge in [-0.05, 0) is 25.8 Å². The van der Waals surface area contributed by atoms with Crippen molar-refractivity contribution in [2.75, 3.05) is 52.6 Å². The molecule has 1 unspecified atom stereocenters. The summed E-state index contributed by atoms with van der Waals surface area (Å²) >= 11 is 1.71. The summed E-state index contributed by atoms with van der Waals surface area (Å²) in [5, 5.41) is 10.3. The number of thiazole rings is 1. The number of aromatic nitrogens is 1. The summed E-state index contributed by atoms with van der Waals surface area (Å²) in [5.41, 5.74) is 0.0780.